The molecule has 0 amide bonds. The highest BCUT2D eigenvalue weighted by atomic mass is 16.4. The number of para-hydroxylation sites is 4. The van der Waals surface area contributed by atoms with Gasteiger partial charge in [-0.05, 0) is 159 Å². The van der Waals surface area contributed by atoms with Gasteiger partial charge in [-0.2, -0.15) is 0 Å². The molecule has 0 bridgehead atoms. The Morgan fingerprint density at radius 3 is 1.47 bits per heavy atom. The molecule has 79 heavy (non-hydrogen) atoms. The molecule has 7 nitrogen and oxygen atoms in total. The van der Waals surface area contributed by atoms with Crippen LogP contribution in [0.2, 0.25) is 0 Å². The van der Waals surface area contributed by atoms with Crippen molar-refractivity contribution >= 4 is 114 Å². The molecule has 2 aliphatic rings. The quantitative estimate of drug-likeness (QED) is 0.134. The maximum absolute atomic E-state index is 7.53. The van der Waals surface area contributed by atoms with Crippen molar-refractivity contribution in [2.45, 2.75) is 52.4 Å². The first-order valence-corrected chi connectivity index (χ1v) is 27.3. The molecule has 0 fully saturated rings. The van der Waals surface area contributed by atoms with Gasteiger partial charge < -0.3 is 18.6 Å². The summed E-state index contributed by atoms with van der Waals surface area (Å²) in [4.78, 5) is 15.1. The molecular weight excluding hydrogens is 966 g/mol. The summed E-state index contributed by atoms with van der Waals surface area (Å²) >= 11 is 0. The lowest BCUT2D eigenvalue weighted by Gasteiger charge is -2.43. The second-order valence-corrected chi connectivity index (χ2v) is 22.9. The lowest BCUT2D eigenvalue weighted by Crippen LogP contribution is -2.61. The fourth-order valence-electron chi connectivity index (χ4n) is 11.8. The Bertz CT molecular complexity index is 4150. The predicted molar refractivity (Wildman–Crippen MR) is 330 cm³/mol. The molecule has 0 radical (unpaired) electrons. The fourth-order valence-corrected chi connectivity index (χ4v) is 11.8. The Morgan fingerprint density at radius 1 is 0.392 bits per heavy atom. The van der Waals surface area contributed by atoms with Crippen molar-refractivity contribution in [2.75, 3.05) is 19.6 Å². The third-order valence-corrected chi connectivity index (χ3v) is 15.8. The van der Waals surface area contributed by atoms with Gasteiger partial charge in [0.05, 0.1) is 17.0 Å². The average Bonchev–Trinajstić information content (AvgIpc) is 3.21. The average molecular weight is 1020 g/mol. The molecule has 0 spiro atoms. The Hall–Kier alpha value is -9.53. The zero-order valence-electron chi connectivity index (χ0n) is 45.2. The summed E-state index contributed by atoms with van der Waals surface area (Å²) in [6, 6.07) is 87.3. The molecule has 0 aliphatic carbocycles. The van der Waals surface area contributed by atoms with Crippen LogP contribution in [0.3, 0.4) is 0 Å². The summed E-state index contributed by atoms with van der Waals surface area (Å²) in [7, 11) is 0. The number of benzene rings is 10. The van der Waals surface area contributed by atoms with Crippen LogP contribution in [-0.4, -0.2) is 11.7 Å². The Morgan fingerprint density at radius 2 is 0.899 bits per heavy atom. The predicted octanol–water partition coefficient (Wildman–Crippen LogP) is 17.9. The molecule has 0 atom stereocenters. The smallest absolute Gasteiger partial charge is 0.307 e. The summed E-state index contributed by atoms with van der Waals surface area (Å²) in [5.41, 5.74) is 19.5. The van der Waals surface area contributed by atoms with Crippen molar-refractivity contribution in [3.8, 4) is 11.1 Å². The van der Waals surface area contributed by atoms with Gasteiger partial charge in [0.15, 0.2) is 0 Å². The minimum absolute atomic E-state index is 0.0345. The summed E-state index contributed by atoms with van der Waals surface area (Å²) in [5, 5.41) is 2.07. The fraction of sp³-hybridized carbons (Fsp3) is 0.113. The molecule has 12 aromatic rings. The second kappa shape index (κ2) is 18.6. The lowest BCUT2D eigenvalue weighted by atomic mass is 9.35. The first-order chi connectivity index (χ1) is 38.4. The molecule has 0 saturated heterocycles. The van der Waals surface area contributed by atoms with Gasteiger partial charge >= 0.3 is 6.01 Å². The van der Waals surface area contributed by atoms with Gasteiger partial charge in [-0.15, -0.1) is 0 Å². The molecule has 0 saturated carbocycles. The van der Waals surface area contributed by atoms with E-state index in [-0.39, 0.29) is 17.5 Å². The van der Waals surface area contributed by atoms with E-state index >= 15 is 0 Å². The van der Waals surface area contributed by atoms with Crippen LogP contribution in [-0.2, 0) is 10.8 Å². The van der Waals surface area contributed by atoms with Gasteiger partial charge in [0.2, 0.25) is 5.88 Å². The number of oxazole rings is 1. The van der Waals surface area contributed by atoms with Crippen LogP contribution in [0.25, 0.3) is 33.1 Å². The molecule has 14 rings (SSSR count). The molecule has 8 heteroatoms. The highest BCUT2D eigenvalue weighted by molar-refractivity contribution is 6.99. The van der Waals surface area contributed by atoms with Crippen LogP contribution in [0.1, 0.15) is 52.7 Å². The number of hydrogen-bond acceptors (Lipinski definition) is 7. The number of hydrogen-bond donors (Lipinski definition) is 0. The van der Waals surface area contributed by atoms with Crippen molar-refractivity contribution in [3.05, 3.63) is 254 Å². The maximum Gasteiger partial charge on any atom is 0.307 e. The van der Waals surface area contributed by atoms with Gasteiger partial charge in [0.25, 0.3) is 6.71 Å². The van der Waals surface area contributed by atoms with Gasteiger partial charge in [0, 0.05) is 56.3 Å². The molecule has 2 aromatic heterocycles. The Labute approximate surface area is 462 Å². The van der Waals surface area contributed by atoms with Gasteiger partial charge in [-0.25, -0.2) is 4.98 Å². The van der Waals surface area contributed by atoms with E-state index in [1.807, 2.05) is 12.1 Å². The highest BCUT2D eigenvalue weighted by Crippen LogP contribution is 2.50. The largest absolute Gasteiger partial charge is 0.456 e. The van der Waals surface area contributed by atoms with Crippen LogP contribution in [0.4, 0.5) is 68.8 Å². The molecular formula is C71H58BN5O2. The van der Waals surface area contributed by atoms with Crippen LogP contribution < -0.4 is 36.1 Å². The maximum atomic E-state index is 7.53. The lowest BCUT2D eigenvalue weighted by molar-refractivity contribution is 0.571. The van der Waals surface area contributed by atoms with E-state index in [1.165, 1.54) is 11.1 Å². The number of anilines is 12. The Balaban J connectivity index is 1.07. The van der Waals surface area contributed by atoms with Crippen molar-refractivity contribution in [2.24, 2.45) is 0 Å². The zero-order chi connectivity index (χ0) is 53.6. The number of fused-ring (bicyclic) bond motifs is 7. The number of furan rings is 1. The number of aromatic nitrogens is 1. The van der Waals surface area contributed by atoms with E-state index in [0.29, 0.717) is 11.9 Å². The third-order valence-electron chi connectivity index (χ3n) is 15.8. The third kappa shape index (κ3) is 8.25. The minimum atomic E-state index is -0.334. The van der Waals surface area contributed by atoms with E-state index in [1.54, 1.807) is 0 Å². The van der Waals surface area contributed by atoms with E-state index in [0.717, 1.165) is 106 Å². The van der Waals surface area contributed by atoms with E-state index < -0.39 is 0 Å². The molecule has 0 unspecified atom stereocenters. The summed E-state index contributed by atoms with van der Waals surface area (Å²) < 4.78 is 14.2. The normalized spacial score (nSPS) is 12.9. The van der Waals surface area contributed by atoms with Gasteiger partial charge in [-0.1, -0.05) is 169 Å². The first kappa shape index (κ1) is 47.9. The molecule has 4 heterocycles. The zero-order valence-corrected chi connectivity index (χ0v) is 45.2. The second-order valence-electron chi connectivity index (χ2n) is 22.9. The summed E-state index contributed by atoms with van der Waals surface area (Å²) in [6.07, 6.45) is 0. The first-order valence-electron chi connectivity index (χ1n) is 27.3. The topological polar surface area (TPSA) is 52.1 Å². The van der Waals surface area contributed by atoms with Crippen LogP contribution in [0.15, 0.2) is 251 Å². The van der Waals surface area contributed by atoms with E-state index in [4.69, 9.17) is 13.8 Å². The van der Waals surface area contributed by atoms with Gasteiger partial charge in [-0.3, -0.25) is 9.80 Å². The van der Waals surface area contributed by atoms with Crippen molar-refractivity contribution < 1.29 is 8.83 Å². The standard InChI is InChI=1S/C71H58BN5O2/c1-70(2,3)49-33-35-55(36-34-49)76-61-46-57(74(51-24-14-8-15-25-51)52-26-16-9-17-27-52)37-39-60(61)72-66-62(76)43-50(71(4,5)6)44-63(66)77(68-67(72)73-69(79-68)75(53-28-18-10-19-29-53)54-30-20-11-21-31-54)56-38-41-65-59(45-56)58-42-48(32-40-64(58)78-65)47-22-12-7-13-23-47/h7-46H,1-6H3. The minimum Gasteiger partial charge on any atom is -0.456 e. The monoisotopic (exact) mass is 1020 g/mol. The van der Waals surface area contributed by atoms with Crippen LogP contribution in [0, 0.1) is 0 Å². The van der Waals surface area contributed by atoms with Crippen molar-refractivity contribution in [1.82, 2.24) is 4.98 Å². The molecule has 382 valence electrons. The molecule has 0 N–H and O–H groups in total. The van der Waals surface area contributed by atoms with Gasteiger partial charge in [0.1, 0.15) is 11.2 Å². The Kier molecular flexibility index (Phi) is 11.3. The molecule has 10 aromatic carbocycles. The number of nitrogens with zero attached hydrogens (tertiary/aromatic N) is 5. The van der Waals surface area contributed by atoms with E-state index in [2.05, 4.69) is 292 Å². The molecule has 2 aliphatic heterocycles. The summed E-state index contributed by atoms with van der Waals surface area (Å²) in [5.74, 6) is 0.659. The number of rotatable bonds is 9. The van der Waals surface area contributed by atoms with Crippen molar-refractivity contribution in [3.63, 3.8) is 0 Å². The van der Waals surface area contributed by atoms with Crippen molar-refractivity contribution in [1.29, 1.82) is 0 Å². The van der Waals surface area contributed by atoms with E-state index in [9.17, 15) is 0 Å². The van der Waals surface area contributed by atoms with Crippen LogP contribution in [0.5, 0.6) is 0 Å². The van der Waals surface area contributed by atoms with Crippen LogP contribution >= 0.6 is 0 Å². The SMILES string of the molecule is CC(C)(C)c1ccc(N2c3cc(N(c4ccccc4)c4ccccc4)ccc3B3c4nc(N(c5ccccc5)c5ccccc5)oc4N(c4ccc5oc6ccc(-c7ccccc7)cc6c5c4)c4cc(C(C)(C)C)cc2c43)cc1. The highest BCUT2D eigenvalue weighted by Gasteiger charge is 2.48. The summed E-state index contributed by atoms with van der Waals surface area (Å²) in [6.45, 7) is 13.4.